The second-order valence-corrected chi connectivity index (χ2v) is 9.99. The van der Waals surface area contributed by atoms with Gasteiger partial charge in [0.25, 0.3) is 0 Å². The van der Waals surface area contributed by atoms with Gasteiger partial charge in [-0.25, -0.2) is 0 Å². The number of hydrogen-bond acceptors (Lipinski definition) is 6. The van der Waals surface area contributed by atoms with Crippen molar-refractivity contribution < 1.29 is 13.2 Å². The number of alkyl halides is 3. The second kappa shape index (κ2) is 9.47. The zero-order chi connectivity index (χ0) is 23.2. The van der Waals surface area contributed by atoms with Gasteiger partial charge in [0, 0.05) is 55.0 Å². The van der Waals surface area contributed by atoms with Crippen molar-refractivity contribution in [3.63, 3.8) is 0 Å². The highest BCUT2D eigenvalue weighted by atomic mass is 35.5. The minimum Gasteiger partial charge on any atom is -0.305 e. The summed E-state index contributed by atoms with van der Waals surface area (Å²) in [6.45, 7) is 4.82. The fourth-order valence-electron chi connectivity index (χ4n) is 4.91. The number of rotatable bonds is 7. The standard InChI is InChI=1S/C23H25F3N6S.ClH/c1-15-18(5-3-8-27-15)20-29-30-21(31(20)2)33-10-4-9-32-13-17-11-22(17,14-32)16-6-7-19(28-12-16)23(24,25)26;/h3,5-8,12,17H,4,9-11,13-14H2,1-2H3;1H/t17-,22?;/m1./s1. The number of fused-ring (bicyclic) bond motifs is 1. The number of likely N-dealkylation sites (tertiary alicyclic amines) is 1. The molecule has 3 aromatic heterocycles. The molecule has 1 aliphatic carbocycles. The van der Waals surface area contributed by atoms with E-state index in [1.54, 1.807) is 24.0 Å². The van der Waals surface area contributed by atoms with Gasteiger partial charge in [0.2, 0.25) is 0 Å². The molecule has 1 unspecified atom stereocenters. The maximum absolute atomic E-state index is 12.8. The van der Waals surface area contributed by atoms with Crippen LogP contribution in [0.4, 0.5) is 13.2 Å². The van der Waals surface area contributed by atoms with Crippen LogP contribution in [0, 0.1) is 12.8 Å². The van der Waals surface area contributed by atoms with E-state index in [0.29, 0.717) is 5.92 Å². The van der Waals surface area contributed by atoms with Crippen LogP contribution in [0.25, 0.3) is 11.4 Å². The lowest BCUT2D eigenvalue weighted by Crippen LogP contribution is -2.28. The van der Waals surface area contributed by atoms with Gasteiger partial charge in [0.1, 0.15) is 5.69 Å². The Labute approximate surface area is 206 Å². The third-order valence-electron chi connectivity index (χ3n) is 6.78. The summed E-state index contributed by atoms with van der Waals surface area (Å²) >= 11 is 1.69. The van der Waals surface area contributed by atoms with Gasteiger partial charge in [-0.15, -0.1) is 22.6 Å². The summed E-state index contributed by atoms with van der Waals surface area (Å²) in [6.07, 6.45) is 0.857. The van der Waals surface area contributed by atoms with E-state index in [4.69, 9.17) is 0 Å². The van der Waals surface area contributed by atoms with E-state index >= 15 is 0 Å². The Morgan fingerprint density at radius 1 is 1.18 bits per heavy atom. The van der Waals surface area contributed by atoms with Gasteiger partial charge in [0.05, 0.1) is 0 Å². The minimum atomic E-state index is -4.39. The Hall–Kier alpha value is -2.17. The molecule has 2 aliphatic rings. The third kappa shape index (κ3) is 4.67. The van der Waals surface area contributed by atoms with Crippen molar-refractivity contribution in [3.8, 4) is 11.4 Å². The lowest BCUT2D eigenvalue weighted by Gasteiger charge is -2.21. The van der Waals surface area contributed by atoms with Gasteiger partial charge >= 0.3 is 6.18 Å². The Morgan fingerprint density at radius 2 is 2.00 bits per heavy atom. The van der Waals surface area contributed by atoms with Crippen LogP contribution < -0.4 is 0 Å². The summed E-state index contributed by atoms with van der Waals surface area (Å²) in [7, 11) is 1.97. The van der Waals surface area contributed by atoms with Crippen LogP contribution in [0.15, 0.2) is 41.8 Å². The fraction of sp³-hybridized carbons (Fsp3) is 0.478. The van der Waals surface area contributed by atoms with Crippen molar-refractivity contribution >= 4 is 24.2 Å². The molecule has 11 heteroatoms. The van der Waals surface area contributed by atoms with E-state index in [0.717, 1.165) is 72.1 Å². The molecule has 5 rings (SSSR count). The summed E-state index contributed by atoms with van der Waals surface area (Å²) < 4.78 is 40.4. The first-order valence-electron chi connectivity index (χ1n) is 11.0. The average molecular weight is 511 g/mol. The Bertz CT molecular complexity index is 1150. The molecule has 1 aliphatic heterocycles. The Kier molecular flexibility index (Phi) is 6.94. The number of nitrogens with zero attached hydrogens (tertiary/aromatic N) is 6. The van der Waals surface area contributed by atoms with Crippen LogP contribution in [-0.2, 0) is 18.6 Å². The molecule has 6 nitrogen and oxygen atoms in total. The molecule has 1 saturated heterocycles. The number of aromatic nitrogens is 5. The maximum Gasteiger partial charge on any atom is 0.433 e. The number of thioether (sulfide) groups is 1. The van der Waals surface area contributed by atoms with Gasteiger partial charge in [-0.2, -0.15) is 13.2 Å². The molecule has 0 amide bonds. The molecule has 2 fully saturated rings. The van der Waals surface area contributed by atoms with Crippen LogP contribution in [-0.4, -0.2) is 55.0 Å². The summed E-state index contributed by atoms with van der Waals surface area (Å²) in [6, 6.07) is 6.63. The van der Waals surface area contributed by atoms with Crippen molar-refractivity contribution in [1.29, 1.82) is 0 Å². The molecule has 0 aromatic carbocycles. The summed E-state index contributed by atoms with van der Waals surface area (Å²) in [4.78, 5) is 10.4. The summed E-state index contributed by atoms with van der Waals surface area (Å²) in [5.41, 5.74) is 2.02. The number of piperidine rings is 1. The highest BCUT2D eigenvalue weighted by Crippen LogP contribution is 2.58. The predicted octanol–water partition coefficient (Wildman–Crippen LogP) is 4.78. The molecule has 2 atom stereocenters. The molecule has 0 spiro atoms. The number of hydrogen-bond donors (Lipinski definition) is 0. The second-order valence-electron chi connectivity index (χ2n) is 8.93. The molecular formula is C23H26ClF3N6S. The van der Waals surface area contributed by atoms with E-state index in [2.05, 4.69) is 25.1 Å². The fourth-order valence-corrected chi connectivity index (χ4v) is 5.74. The highest BCUT2D eigenvalue weighted by Gasteiger charge is 2.60. The lowest BCUT2D eigenvalue weighted by molar-refractivity contribution is -0.141. The van der Waals surface area contributed by atoms with Crippen molar-refractivity contribution in [3.05, 3.63) is 53.6 Å². The van der Waals surface area contributed by atoms with Gasteiger partial charge in [-0.3, -0.25) is 9.97 Å². The maximum atomic E-state index is 12.8. The molecule has 1 saturated carbocycles. The topological polar surface area (TPSA) is 59.7 Å². The molecule has 0 bridgehead atoms. The summed E-state index contributed by atoms with van der Waals surface area (Å²) in [5.74, 6) is 2.26. The first-order chi connectivity index (χ1) is 15.8. The van der Waals surface area contributed by atoms with Crippen LogP contribution in [0.2, 0.25) is 0 Å². The van der Waals surface area contributed by atoms with Gasteiger partial charge in [-0.1, -0.05) is 17.8 Å². The van der Waals surface area contributed by atoms with E-state index in [1.165, 1.54) is 6.20 Å². The molecule has 0 N–H and O–H groups in total. The van der Waals surface area contributed by atoms with E-state index in [-0.39, 0.29) is 17.8 Å². The zero-order valence-corrected chi connectivity index (χ0v) is 20.6. The highest BCUT2D eigenvalue weighted by molar-refractivity contribution is 7.99. The van der Waals surface area contributed by atoms with Crippen LogP contribution in [0.3, 0.4) is 0 Å². The first-order valence-corrected chi connectivity index (χ1v) is 12.0. The molecule has 3 aromatic rings. The van der Waals surface area contributed by atoms with Crippen molar-refractivity contribution in [2.45, 2.75) is 36.5 Å². The van der Waals surface area contributed by atoms with E-state index in [1.807, 2.05) is 30.7 Å². The van der Waals surface area contributed by atoms with Crippen molar-refractivity contribution in [2.24, 2.45) is 13.0 Å². The van der Waals surface area contributed by atoms with E-state index < -0.39 is 11.9 Å². The lowest BCUT2D eigenvalue weighted by atomic mass is 9.96. The SMILES string of the molecule is Cc1ncccc1-c1nnc(SCCCN2C[C@H]3CC3(c3ccc(C(F)(F)F)nc3)C2)n1C.Cl. The minimum absolute atomic E-state index is 0. The number of pyridine rings is 2. The molecule has 182 valence electrons. The molecule has 4 heterocycles. The first kappa shape index (κ1) is 24.9. The monoisotopic (exact) mass is 510 g/mol. The van der Waals surface area contributed by atoms with Crippen molar-refractivity contribution in [2.75, 3.05) is 25.4 Å². The smallest absolute Gasteiger partial charge is 0.305 e. The molecule has 34 heavy (non-hydrogen) atoms. The van der Waals surface area contributed by atoms with Crippen LogP contribution >= 0.6 is 24.2 Å². The number of aryl methyl sites for hydroxylation is 1. The van der Waals surface area contributed by atoms with Gasteiger partial charge in [-0.05, 0) is 56.0 Å². The quantitative estimate of drug-likeness (QED) is 0.337. The number of halogens is 4. The zero-order valence-electron chi connectivity index (χ0n) is 18.9. The largest absolute Gasteiger partial charge is 0.433 e. The van der Waals surface area contributed by atoms with E-state index in [9.17, 15) is 13.2 Å². The van der Waals surface area contributed by atoms with Gasteiger partial charge in [0.15, 0.2) is 11.0 Å². The van der Waals surface area contributed by atoms with Gasteiger partial charge < -0.3 is 9.47 Å². The third-order valence-corrected chi connectivity index (χ3v) is 7.88. The van der Waals surface area contributed by atoms with Crippen LogP contribution in [0.5, 0.6) is 0 Å². The normalized spacial score (nSPS) is 21.9. The molecule has 0 radical (unpaired) electrons. The summed E-state index contributed by atoms with van der Waals surface area (Å²) in [5, 5.41) is 9.57. The predicted molar refractivity (Wildman–Crippen MR) is 127 cm³/mol. The molecular weight excluding hydrogens is 485 g/mol. The Morgan fingerprint density at radius 3 is 2.71 bits per heavy atom. The Balaban J connectivity index is 0.00000274. The van der Waals surface area contributed by atoms with Crippen molar-refractivity contribution in [1.82, 2.24) is 29.6 Å². The van der Waals surface area contributed by atoms with Crippen LogP contribution in [0.1, 0.15) is 29.8 Å². The average Bonchev–Trinajstić information content (AvgIpc) is 3.17.